The predicted molar refractivity (Wildman–Crippen MR) is 68.4 cm³/mol. The van der Waals surface area contributed by atoms with E-state index in [4.69, 9.17) is 5.73 Å². The van der Waals surface area contributed by atoms with Crippen molar-refractivity contribution >= 4 is 24.8 Å². The number of aromatic nitrogens is 3. The molecule has 0 saturated heterocycles. The first-order chi connectivity index (χ1) is 7.16. The summed E-state index contributed by atoms with van der Waals surface area (Å²) in [7, 11) is 0. The highest BCUT2D eigenvalue weighted by Gasteiger charge is 2.03. The van der Waals surface area contributed by atoms with Gasteiger partial charge in [0.2, 0.25) is 0 Å². The maximum Gasteiger partial charge on any atom is 0.161 e. The minimum Gasteiger partial charge on any atom is -0.324 e. The van der Waals surface area contributed by atoms with Crippen LogP contribution < -0.4 is 5.73 Å². The fourth-order valence-corrected chi connectivity index (χ4v) is 1.23. The van der Waals surface area contributed by atoms with E-state index in [1.807, 2.05) is 13.0 Å². The molecular weight excluding hydrogens is 266 g/mol. The average Bonchev–Trinajstić information content (AvgIpc) is 2.65. The molecule has 4 nitrogen and oxygen atoms in total. The van der Waals surface area contributed by atoms with E-state index in [1.165, 1.54) is 10.9 Å². The van der Waals surface area contributed by atoms with Crippen molar-refractivity contribution in [3.63, 3.8) is 0 Å². The summed E-state index contributed by atoms with van der Waals surface area (Å²) in [4.78, 5) is 4.14. The highest BCUT2D eigenvalue weighted by molar-refractivity contribution is 5.85. The molecule has 0 unspecified atom stereocenters. The van der Waals surface area contributed by atoms with Gasteiger partial charge in [-0.05, 0) is 18.6 Å². The van der Waals surface area contributed by atoms with Crippen LogP contribution in [-0.4, -0.2) is 14.8 Å². The molecule has 0 bridgehead atoms. The number of hydrogen-bond donors (Lipinski definition) is 1. The highest BCUT2D eigenvalue weighted by atomic mass is 35.5. The van der Waals surface area contributed by atoms with Crippen LogP contribution in [0.25, 0.3) is 5.82 Å². The molecule has 2 N–H and O–H groups in total. The Morgan fingerprint density at radius 3 is 2.41 bits per heavy atom. The van der Waals surface area contributed by atoms with Gasteiger partial charge in [-0.1, -0.05) is 6.07 Å². The van der Waals surface area contributed by atoms with Gasteiger partial charge in [0, 0.05) is 12.2 Å². The molecule has 0 saturated carbocycles. The summed E-state index contributed by atoms with van der Waals surface area (Å²) in [6.07, 6.45) is 4.08. The second-order valence-corrected chi connectivity index (χ2v) is 3.34. The van der Waals surface area contributed by atoms with Crippen molar-refractivity contribution in [1.82, 2.24) is 14.8 Å². The summed E-state index contributed by atoms with van der Waals surface area (Å²) in [6.45, 7) is 1.88. The van der Waals surface area contributed by atoms with Crippen molar-refractivity contribution in [2.75, 3.05) is 0 Å². The van der Waals surface area contributed by atoms with Crippen LogP contribution in [0.1, 0.15) is 18.5 Å². The molecule has 0 aromatic carbocycles. The topological polar surface area (TPSA) is 56.7 Å². The van der Waals surface area contributed by atoms with Gasteiger partial charge in [-0.2, -0.15) is 5.10 Å². The smallest absolute Gasteiger partial charge is 0.161 e. The zero-order valence-corrected chi connectivity index (χ0v) is 10.7. The molecule has 2 heterocycles. The summed E-state index contributed by atoms with van der Waals surface area (Å²) in [6, 6.07) is 3.55. The molecule has 7 heteroatoms. The van der Waals surface area contributed by atoms with Gasteiger partial charge in [0.15, 0.2) is 11.6 Å². The Hall–Kier alpha value is -1.17. The van der Waals surface area contributed by atoms with Crippen molar-refractivity contribution < 1.29 is 4.39 Å². The Balaban J connectivity index is 0.00000128. The van der Waals surface area contributed by atoms with E-state index in [2.05, 4.69) is 10.1 Å². The maximum atomic E-state index is 12.7. The van der Waals surface area contributed by atoms with E-state index in [9.17, 15) is 4.39 Å². The van der Waals surface area contributed by atoms with Gasteiger partial charge >= 0.3 is 0 Å². The standard InChI is InChI=1S/C10H11FN4.2ClH/c1-7(12)8-2-3-10(13-4-8)15-6-9(11)5-14-15;;/h2-7H,12H2,1H3;2*1H/t7-;;/m0../s1. The summed E-state index contributed by atoms with van der Waals surface area (Å²) in [5.41, 5.74) is 6.62. The molecule has 0 amide bonds. The number of halogens is 3. The third-order valence-electron chi connectivity index (χ3n) is 2.08. The SMILES string of the molecule is C[C@H](N)c1ccc(-n2cc(F)cn2)nc1.Cl.Cl. The Labute approximate surface area is 111 Å². The normalized spacial score (nSPS) is 11.2. The lowest BCUT2D eigenvalue weighted by Gasteiger charge is -2.05. The van der Waals surface area contributed by atoms with Gasteiger partial charge in [0.05, 0.1) is 12.4 Å². The third kappa shape index (κ3) is 3.66. The number of pyridine rings is 1. The lowest BCUT2D eigenvalue weighted by Crippen LogP contribution is -2.06. The first-order valence-electron chi connectivity index (χ1n) is 4.59. The predicted octanol–water partition coefficient (Wildman–Crippen LogP) is 2.27. The van der Waals surface area contributed by atoms with Gasteiger partial charge in [-0.25, -0.2) is 14.1 Å². The quantitative estimate of drug-likeness (QED) is 0.917. The lowest BCUT2D eigenvalue weighted by atomic mass is 10.2. The molecule has 2 aromatic heterocycles. The largest absolute Gasteiger partial charge is 0.324 e. The maximum absolute atomic E-state index is 12.7. The summed E-state index contributed by atoms with van der Waals surface area (Å²) in [5.74, 6) is 0.191. The second kappa shape index (κ2) is 6.54. The van der Waals surface area contributed by atoms with Crippen LogP contribution in [0.2, 0.25) is 0 Å². The van der Waals surface area contributed by atoms with E-state index < -0.39 is 0 Å². The van der Waals surface area contributed by atoms with Crippen molar-refractivity contribution in [1.29, 1.82) is 0 Å². The van der Waals surface area contributed by atoms with Gasteiger partial charge < -0.3 is 5.73 Å². The molecule has 0 aliphatic rings. The molecule has 0 aliphatic carbocycles. The summed E-state index contributed by atoms with van der Waals surface area (Å²) < 4.78 is 14.1. The zero-order chi connectivity index (χ0) is 10.8. The molecule has 0 spiro atoms. The van der Waals surface area contributed by atoms with Crippen LogP contribution in [0.3, 0.4) is 0 Å². The molecule has 2 aromatic rings. The lowest BCUT2D eigenvalue weighted by molar-refractivity contribution is 0.627. The first kappa shape index (κ1) is 15.8. The molecule has 0 aliphatic heterocycles. The zero-order valence-electron chi connectivity index (χ0n) is 9.08. The fraction of sp³-hybridized carbons (Fsp3) is 0.200. The van der Waals surface area contributed by atoms with Crippen molar-refractivity contribution in [3.05, 3.63) is 42.1 Å². The van der Waals surface area contributed by atoms with Gasteiger partial charge in [-0.3, -0.25) is 0 Å². The third-order valence-corrected chi connectivity index (χ3v) is 2.08. The Morgan fingerprint density at radius 2 is 2.00 bits per heavy atom. The minimum atomic E-state index is -0.381. The van der Waals surface area contributed by atoms with Crippen molar-refractivity contribution in [2.45, 2.75) is 13.0 Å². The second-order valence-electron chi connectivity index (χ2n) is 3.34. The number of hydrogen-bond acceptors (Lipinski definition) is 3. The fourth-order valence-electron chi connectivity index (χ4n) is 1.23. The van der Waals surface area contributed by atoms with Crippen LogP contribution in [0, 0.1) is 5.82 Å². The summed E-state index contributed by atoms with van der Waals surface area (Å²) in [5, 5.41) is 3.81. The van der Waals surface area contributed by atoms with Crippen LogP contribution in [0.5, 0.6) is 0 Å². The van der Waals surface area contributed by atoms with Crippen molar-refractivity contribution in [3.8, 4) is 5.82 Å². The Morgan fingerprint density at radius 1 is 1.29 bits per heavy atom. The van der Waals surface area contributed by atoms with E-state index in [1.54, 1.807) is 12.3 Å². The van der Waals surface area contributed by atoms with E-state index in [0.29, 0.717) is 5.82 Å². The van der Waals surface area contributed by atoms with Crippen molar-refractivity contribution in [2.24, 2.45) is 5.73 Å². The number of nitrogens with zero attached hydrogens (tertiary/aromatic N) is 3. The van der Waals surface area contributed by atoms with E-state index in [-0.39, 0.29) is 36.7 Å². The van der Waals surface area contributed by atoms with Gasteiger partial charge in [0.25, 0.3) is 0 Å². The van der Waals surface area contributed by atoms with Gasteiger partial charge in [0.1, 0.15) is 0 Å². The molecule has 1 atom stereocenters. The van der Waals surface area contributed by atoms with E-state index >= 15 is 0 Å². The molecule has 94 valence electrons. The van der Waals surface area contributed by atoms with Crippen LogP contribution in [0.4, 0.5) is 4.39 Å². The van der Waals surface area contributed by atoms with Crippen LogP contribution >= 0.6 is 24.8 Å². The molecule has 0 fully saturated rings. The Kier molecular flexibility index (Phi) is 6.09. The highest BCUT2D eigenvalue weighted by Crippen LogP contribution is 2.10. The summed E-state index contributed by atoms with van der Waals surface area (Å²) >= 11 is 0. The molecule has 17 heavy (non-hydrogen) atoms. The molecule has 2 rings (SSSR count). The van der Waals surface area contributed by atoms with Crippen LogP contribution in [0.15, 0.2) is 30.7 Å². The monoisotopic (exact) mass is 278 g/mol. The average molecular weight is 279 g/mol. The van der Waals surface area contributed by atoms with Crippen LogP contribution in [-0.2, 0) is 0 Å². The number of nitrogens with two attached hydrogens (primary N) is 1. The Bertz CT molecular complexity index is 456. The molecular formula is C10H13Cl2FN4. The minimum absolute atomic E-state index is 0. The number of rotatable bonds is 2. The molecule has 0 radical (unpaired) electrons. The first-order valence-corrected chi connectivity index (χ1v) is 4.59. The van der Waals surface area contributed by atoms with Gasteiger partial charge in [-0.15, -0.1) is 24.8 Å². The van der Waals surface area contributed by atoms with E-state index in [0.717, 1.165) is 11.8 Å².